The van der Waals surface area contributed by atoms with Crippen LogP contribution in [0.15, 0.2) is 22.9 Å². The van der Waals surface area contributed by atoms with Gasteiger partial charge in [0.15, 0.2) is 18.0 Å². The van der Waals surface area contributed by atoms with Crippen molar-refractivity contribution in [1.29, 1.82) is 0 Å². The van der Waals surface area contributed by atoms with Gasteiger partial charge >= 0.3 is 0 Å². The Bertz CT molecular complexity index is 718. The lowest BCUT2D eigenvalue weighted by molar-refractivity contribution is 0.122. The highest BCUT2D eigenvalue weighted by molar-refractivity contribution is 5.45. The van der Waals surface area contributed by atoms with E-state index in [9.17, 15) is 0 Å². The molecule has 0 radical (unpaired) electrons. The van der Waals surface area contributed by atoms with Crippen LogP contribution in [0.4, 0.5) is 11.6 Å². The minimum absolute atomic E-state index is 0.365. The van der Waals surface area contributed by atoms with Crippen molar-refractivity contribution in [3.63, 3.8) is 0 Å². The Labute approximate surface area is 160 Å². The Morgan fingerprint density at radius 1 is 0.926 bits per heavy atom. The second-order valence-electron chi connectivity index (χ2n) is 7.43. The zero-order chi connectivity index (χ0) is 18.6. The summed E-state index contributed by atoms with van der Waals surface area (Å²) in [5.74, 6) is 3.26. The zero-order valence-electron chi connectivity index (χ0n) is 16.2. The predicted molar refractivity (Wildman–Crippen MR) is 103 cm³/mol. The molecule has 0 amide bonds. The predicted octanol–water partition coefficient (Wildman–Crippen LogP) is 1.75. The molecule has 0 saturated carbocycles. The van der Waals surface area contributed by atoms with Gasteiger partial charge in [-0.3, -0.25) is 4.90 Å². The van der Waals surface area contributed by atoms with Crippen LogP contribution in [0, 0.1) is 0 Å². The van der Waals surface area contributed by atoms with Gasteiger partial charge < -0.3 is 19.0 Å². The summed E-state index contributed by atoms with van der Waals surface area (Å²) < 4.78 is 10.9. The third kappa shape index (κ3) is 4.22. The second-order valence-corrected chi connectivity index (χ2v) is 7.43. The number of morpholine rings is 1. The third-order valence-corrected chi connectivity index (χ3v) is 5.24. The maximum absolute atomic E-state index is 5.54. The molecule has 2 aromatic heterocycles. The van der Waals surface area contributed by atoms with Crippen LogP contribution in [0.1, 0.15) is 31.2 Å². The SMILES string of the molecule is CC(C)c1ocnc1CN1CCN(c2ccc(N3CCOCC3)nn2)CC1. The van der Waals surface area contributed by atoms with Crippen molar-refractivity contribution in [3.8, 4) is 0 Å². The van der Waals surface area contributed by atoms with Crippen molar-refractivity contribution in [2.75, 3.05) is 62.3 Å². The summed E-state index contributed by atoms with van der Waals surface area (Å²) >= 11 is 0. The first-order chi connectivity index (χ1) is 13.2. The van der Waals surface area contributed by atoms with Crippen LogP contribution in [-0.2, 0) is 11.3 Å². The first-order valence-electron chi connectivity index (χ1n) is 9.76. The number of piperazine rings is 1. The summed E-state index contributed by atoms with van der Waals surface area (Å²) in [4.78, 5) is 11.4. The monoisotopic (exact) mass is 372 g/mol. The van der Waals surface area contributed by atoms with Gasteiger partial charge in [-0.2, -0.15) is 0 Å². The van der Waals surface area contributed by atoms with Gasteiger partial charge in [0.1, 0.15) is 5.76 Å². The molecule has 0 aromatic carbocycles. The van der Waals surface area contributed by atoms with Crippen molar-refractivity contribution >= 4 is 11.6 Å². The molecule has 27 heavy (non-hydrogen) atoms. The van der Waals surface area contributed by atoms with Gasteiger partial charge in [-0.1, -0.05) is 13.8 Å². The van der Waals surface area contributed by atoms with Crippen molar-refractivity contribution < 1.29 is 9.15 Å². The summed E-state index contributed by atoms with van der Waals surface area (Å²) in [6, 6.07) is 4.16. The van der Waals surface area contributed by atoms with Gasteiger partial charge in [0.05, 0.1) is 18.9 Å². The highest BCUT2D eigenvalue weighted by Crippen LogP contribution is 2.21. The minimum Gasteiger partial charge on any atom is -0.448 e. The minimum atomic E-state index is 0.365. The first-order valence-corrected chi connectivity index (χ1v) is 9.76. The van der Waals surface area contributed by atoms with Crippen LogP contribution >= 0.6 is 0 Å². The summed E-state index contributed by atoms with van der Waals surface area (Å²) in [7, 11) is 0. The van der Waals surface area contributed by atoms with Crippen LogP contribution in [0.25, 0.3) is 0 Å². The fourth-order valence-corrected chi connectivity index (χ4v) is 3.66. The number of rotatable bonds is 5. The quantitative estimate of drug-likeness (QED) is 0.786. The molecule has 0 aliphatic carbocycles. The zero-order valence-corrected chi connectivity index (χ0v) is 16.2. The second kappa shape index (κ2) is 8.22. The summed E-state index contributed by atoms with van der Waals surface area (Å²) in [6.45, 7) is 12.3. The van der Waals surface area contributed by atoms with E-state index in [2.05, 4.69) is 55.9 Å². The third-order valence-electron chi connectivity index (χ3n) is 5.24. The molecule has 4 heterocycles. The molecule has 2 aromatic rings. The molecule has 0 atom stereocenters. The van der Waals surface area contributed by atoms with Crippen LogP contribution in [-0.4, -0.2) is 72.6 Å². The maximum Gasteiger partial charge on any atom is 0.181 e. The molecule has 2 saturated heterocycles. The van der Waals surface area contributed by atoms with E-state index in [1.807, 2.05) is 0 Å². The average molecular weight is 372 g/mol. The number of anilines is 2. The summed E-state index contributed by atoms with van der Waals surface area (Å²) in [5, 5.41) is 8.89. The van der Waals surface area contributed by atoms with Gasteiger partial charge in [-0.05, 0) is 12.1 Å². The Morgan fingerprint density at radius 3 is 2.15 bits per heavy atom. The van der Waals surface area contributed by atoms with E-state index in [0.717, 1.165) is 82.1 Å². The van der Waals surface area contributed by atoms with Crippen molar-refractivity contribution in [1.82, 2.24) is 20.1 Å². The molecule has 0 spiro atoms. The highest BCUT2D eigenvalue weighted by Gasteiger charge is 2.22. The highest BCUT2D eigenvalue weighted by atomic mass is 16.5. The summed E-state index contributed by atoms with van der Waals surface area (Å²) in [6.07, 6.45) is 1.56. The van der Waals surface area contributed by atoms with Gasteiger partial charge in [0.2, 0.25) is 0 Å². The number of aromatic nitrogens is 3. The van der Waals surface area contributed by atoms with E-state index in [-0.39, 0.29) is 0 Å². The maximum atomic E-state index is 5.54. The molecule has 0 bridgehead atoms. The van der Waals surface area contributed by atoms with E-state index in [1.165, 1.54) is 0 Å². The normalized spacial score (nSPS) is 19.1. The first kappa shape index (κ1) is 18.2. The largest absolute Gasteiger partial charge is 0.448 e. The van der Waals surface area contributed by atoms with Gasteiger partial charge in [0, 0.05) is 51.7 Å². The molecular formula is C19H28N6O2. The van der Waals surface area contributed by atoms with Crippen LogP contribution in [0.5, 0.6) is 0 Å². The molecule has 0 unspecified atom stereocenters. The Morgan fingerprint density at radius 2 is 1.56 bits per heavy atom. The van der Waals surface area contributed by atoms with E-state index in [4.69, 9.17) is 9.15 Å². The number of hydrogen-bond donors (Lipinski definition) is 0. The van der Waals surface area contributed by atoms with Crippen LogP contribution < -0.4 is 9.80 Å². The molecule has 2 fully saturated rings. The lowest BCUT2D eigenvalue weighted by atomic mass is 10.1. The van der Waals surface area contributed by atoms with Crippen molar-refractivity contribution in [2.45, 2.75) is 26.3 Å². The fourth-order valence-electron chi connectivity index (χ4n) is 3.66. The lowest BCUT2D eigenvalue weighted by Gasteiger charge is -2.35. The van der Waals surface area contributed by atoms with Crippen molar-refractivity contribution in [3.05, 3.63) is 30.0 Å². The standard InChI is InChI=1S/C19H28N6O2/c1-15(2)19-16(20-14-27-19)13-23-5-7-24(8-6-23)17-3-4-18(22-21-17)25-9-11-26-12-10-25/h3-4,14-15H,5-13H2,1-2H3. The Kier molecular flexibility index (Phi) is 5.54. The van der Waals surface area contributed by atoms with Crippen molar-refractivity contribution in [2.24, 2.45) is 0 Å². The van der Waals surface area contributed by atoms with Crippen LogP contribution in [0.3, 0.4) is 0 Å². The Hall–Kier alpha value is -2.19. The number of ether oxygens (including phenoxy) is 1. The molecule has 8 heteroatoms. The molecular weight excluding hydrogens is 344 g/mol. The molecule has 2 aliphatic rings. The van der Waals surface area contributed by atoms with Gasteiger partial charge in [-0.25, -0.2) is 4.98 Å². The smallest absolute Gasteiger partial charge is 0.181 e. The topological polar surface area (TPSA) is 70.8 Å². The molecule has 0 N–H and O–H groups in total. The van der Waals surface area contributed by atoms with E-state index >= 15 is 0 Å². The van der Waals surface area contributed by atoms with E-state index < -0.39 is 0 Å². The fraction of sp³-hybridized carbons (Fsp3) is 0.632. The number of hydrogen-bond acceptors (Lipinski definition) is 8. The van der Waals surface area contributed by atoms with E-state index in [0.29, 0.717) is 5.92 Å². The molecule has 8 nitrogen and oxygen atoms in total. The van der Waals surface area contributed by atoms with Crippen LogP contribution in [0.2, 0.25) is 0 Å². The van der Waals surface area contributed by atoms with Gasteiger partial charge in [0.25, 0.3) is 0 Å². The lowest BCUT2D eigenvalue weighted by Crippen LogP contribution is -2.46. The Balaban J connectivity index is 1.31. The average Bonchev–Trinajstić information content (AvgIpc) is 3.18. The number of nitrogens with zero attached hydrogens (tertiary/aromatic N) is 6. The molecule has 2 aliphatic heterocycles. The number of oxazole rings is 1. The molecule has 4 rings (SSSR count). The van der Waals surface area contributed by atoms with Gasteiger partial charge in [-0.15, -0.1) is 10.2 Å². The summed E-state index contributed by atoms with van der Waals surface area (Å²) in [5.41, 5.74) is 1.06. The van der Waals surface area contributed by atoms with E-state index in [1.54, 1.807) is 6.39 Å². The molecule has 146 valence electrons.